The molecule has 142 valence electrons. The first-order chi connectivity index (χ1) is 13.0. The van der Waals surface area contributed by atoms with Gasteiger partial charge in [-0.3, -0.25) is 9.59 Å². The topological polar surface area (TPSA) is 90.9 Å². The molecule has 1 N–H and O–H groups in total. The molecule has 27 heavy (non-hydrogen) atoms. The second kappa shape index (κ2) is 9.96. The molecule has 0 aliphatic heterocycles. The number of anilines is 1. The number of amides is 1. The second-order valence-electron chi connectivity index (χ2n) is 5.50. The summed E-state index contributed by atoms with van der Waals surface area (Å²) in [5, 5.41) is 2.59. The molecule has 0 atom stereocenters. The Morgan fingerprint density at radius 1 is 0.963 bits per heavy atom. The standard InChI is InChI=1S/C20H21NO6/c1-3-26-20(24)14-8-10-16(11-9-14)21-18(22)13-27-19(23)12-15-6-4-5-7-17(15)25-2/h4-11H,3,12-13H2,1-2H3,(H,21,22). The fraction of sp³-hybridized carbons (Fsp3) is 0.250. The van der Waals surface area contributed by atoms with Gasteiger partial charge in [0.2, 0.25) is 0 Å². The molecule has 0 fully saturated rings. The summed E-state index contributed by atoms with van der Waals surface area (Å²) in [5.74, 6) is -0.860. The Morgan fingerprint density at radius 3 is 2.33 bits per heavy atom. The molecule has 7 heteroatoms. The Morgan fingerprint density at radius 2 is 1.67 bits per heavy atom. The van der Waals surface area contributed by atoms with Gasteiger partial charge in [-0.2, -0.15) is 0 Å². The van der Waals surface area contributed by atoms with Crippen molar-refractivity contribution in [3.8, 4) is 5.75 Å². The number of carbonyl (C=O) groups is 3. The zero-order chi connectivity index (χ0) is 19.6. The van der Waals surface area contributed by atoms with Gasteiger partial charge >= 0.3 is 11.9 Å². The van der Waals surface area contributed by atoms with Gasteiger partial charge in [0.15, 0.2) is 6.61 Å². The van der Waals surface area contributed by atoms with Crippen molar-refractivity contribution < 1.29 is 28.6 Å². The number of rotatable bonds is 8. The number of carbonyl (C=O) groups excluding carboxylic acids is 3. The molecule has 0 aliphatic carbocycles. The van der Waals surface area contributed by atoms with Gasteiger partial charge in [0.1, 0.15) is 5.75 Å². The van der Waals surface area contributed by atoms with E-state index in [2.05, 4.69) is 5.32 Å². The molecular weight excluding hydrogens is 350 g/mol. The van der Waals surface area contributed by atoms with E-state index in [9.17, 15) is 14.4 Å². The molecule has 2 aromatic rings. The summed E-state index contributed by atoms with van der Waals surface area (Å²) in [4.78, 5) is 35.4. The van der Waals surface area contributed by atoms with Crippen LogP contribution in [0, 0.1) is 0 Å². The van der Waals surface area contributed by atoms with Crippen molar-refractivity contribution in [2.24, 2.45) is 0 Å². The number of para-hydroxylation sites is 1. The lowest BCUT2D eigenvalue weighted by atomic mass is 10.1. The summed E-state index contributed by atoms with van der Waals surface area (Å²) >= 11 is 0. The van der Waals surface area contributed by atoms with Gasteiger partial charge in [-0.1, -0.05) is 18.2 Å². The average Bonchev–Trinajstić information content (AvgIpc) is 2.67. The summed E-state index contributed by atoms with van der Waals surface area (Å²) in [6, 6.07) is 13.3. The van der Waals surface area contributed by atoms with E-state index in [1.807, 2.05) is 0 Å². The normalized spacial score (nSPS) is 10.0. The fourth-order valence-corrected chi connectivity index (χ4v) is 2.30. The second-order valence-corrected chi connectivity index (χ2v) is 5.50. The van der Waals surface area contributed by atoms with E-state index in [1.54, 1.807) is 55.5 Å². The van der Waals surface area contributed by atoms with Crippen LogP contribution >= 0.6 is 0 Å². The summed E-state index contributed by atoms with van der Waals surface area (Å²) in [7, 11) is 1.52. The summed E-state index contributed by atoms with van der Waals surface area (Å²) in [6.07, 6.45) is 0.00549. The maximum Gasteiger partial charge on any atom is 0.338 e. The highest BCUT2D eigenvalue weighted by Gasteiger charge is 2.12. The molecule has 2 rings (SSSR count). The molecular formula is C20H21NO6. The smallest absolute Gasteiger partial charge is 0.338 e. The van der Waals surface area contributed by atoms with Gasteiger partial charge in [0.25, 0.3) is 5.91 Å². The number of ether oxygens (including phenoxy) is 3. The summed E-state index contributed by atoms with van der Waals surface area (Å²) in [6.45, 7) is 1.60. The van der Waals surface area contributed by atoms with Crippen LogP contribution in [-0.4, -0.2) is 38.2 Å². The van der Waals surface area contributed by atoms with Crippen LogP contribution in [-0.2, 0) is 25.5 Å². The van der Waals surface area contributed by atoms with Crippen molar-refractivity contribution in [1.29, 1.82) is 0 Å². The van der Waals surface area contributed by atoms with Gasteiger partial charge in [0, 0.05) is 11.3 Å². The van der Waals surface area contributed by atoms with Crippen LogP contribution in [0.1, 0.15) is 22.8 Å². The molecule has 0 aromatic heterocycles. The van der Waals surface area contributed by atoms with Crippen LogP contribution in [0.3, 0.4) is 0 Å². The maximum absolute atomic E-state index is 11.9. The first-order valence-electron chi connectivity index (χ1n) is 8.38. The van der Waals surface area contributed by atoms with E-state index in [0.717, 1.165) is 0 Å². The summed E-state index contributed by atoms with van der Waals surface area (Å²) < 4.78 is 15.1. The number of benzene rings is 2. The third-order valence-corrected chi connectivity index (χ3v) is 3.57. The number of methoxy groups -OCH3 is 1. The van der Waals surface area contributed by atoms with Crippen LogP contribution in [0.4, 0.5) is 5.69 Å². The van der Waals surface area contributed by atoms with Crippen molar-refractivity contribution in [2.75, 3.05) is 25.6 Å². The van der Waals surface area contributed by atoms with Crippen molar-refractivity contribution in [1.82, 2.24) is 0 Å². The van der Waals surface area contributed by atoms with Crippen LogP contribution in [0.25, 0.3) is 0 Å². The molecule has 0 unspecified atom stereocenters. The van der Waals surface area contributed by atoms with Crippen LogP contribution in [0.2, 0.25) is 0 Å². The molecule has 0 radical (unpaired) electrons. The number of esters is 2. The first kappa shape index (κ1) is 20.0. The van der Waals surface area contributed by atoms with Gasteiger partial charge < -0.3 is 19.5 Å². The zero-order valence-electron chi connectivity index (χ0n) is 15.2. The molecule has 0 saturated heterocycles. The maximum atomic E-state index is 11.9. The molecule has 1 amide bonds. The third kappa shape index (κ3) is 6.14. The first-order valence-corrected chi connectivity index (χ1v) is 8.38. The molecule has 0 spiro atoms. The molecule has 0 aliphatic rings. The molecule has 0 bridgehead atoms. The van der Waals surface area contributed by atoms with E-state index in [-0.39, 0.29) is 13.0 Å². The zero-order valence-corrected chi connectivity index (χ0v) is 15.2. The third-order valence-electron chi connectivity index (χ3n) is 3.57. The SMILES string of the molecule is CCOC(=O)c1ccc(NC(=O)COC(=O)Cc2ccccc2OC)cc1. The fourth-order valence-electron chi connectivity index (χ4n) is 2.30. The van der Waals surface area contributed by atoms with Gasteiger partial charge in [0.05, 0.1) is 25.7 Å². The highest BCUT2D eigenvalue weighted by molar-refractivity contribution is 5.94. The van der Waals surface area contributed by atoms with Crippen molar-refractivity contribution in [3.05, 3.63) is 59.7 Å². The Kier molecular flexibility index (Phi) is 7.37. The highest BCUT2D eigenvalue weighted by atomic mass is 16.5. The van der Waals surface area contributed by atoms with E-state index in [0.29, 0.717) is 22.6 Å². The van der Waals surface area contributed by atoms with Crippen molar-refractivity contribution in [3.63, 3.8) is 0 Å². The van der Waals surface area contributed by atoms with E-state index in [4.69, 9.17) is 14.2 Å². The highest BCUT2D eigenvalue weighted by Crippen LogP contribution is 2.18. The van der Waals surface area contributed by atoms with Gasteiger partial charge in [-0.05, 0) is 37.3 Å². The Balaban J connectivity index is 1.82. The summed E-state index contributed by atoms with van der Waals surface area (Å²) in [5.41, 5.74) is 1.55. The molecule has 2 aromatic carbocycles. The number of hydrogen-bond acceptors (Lipinski definition) is 6. The predicted molar refractivity (Wildman–Crippen MR) is 98.7 cm³/mol. The average molecular weight is 371 g/mol. The molecule has 7 nitrogen and oxygen atoms in total. The van der Waals surface area contributed by atoms with E-state index in [1.165, 1.54) is 7.11 Å². The van der Waals surface area contributed by atoms with Crippen LogP contribution in [0.5, 0.6) is 5.75 Å². The lowest BCUT2D eigenvalue weighted by Gasteiger charge is -2.09. The largest absolute Gasteiger partial charge is 0.496 e. The van der Waals surface area contributed by atoms with Crippen LogP contribution < -0.4 is 10.1 Å². The lowest BCUT2D eigenvalue weighted by Crippen LogP contribution is -2.21. The quantitative estimate of drug-likeness (QED) is 0.717. The minimum Gasteiger partial charge on any atom is -0.496 e. The molecule has 0 heterocycles. The molecule has 0 saturated carbocycles. The lowest BCUT2D eigenvalue weighted by molar-refractivity contribution is -0.146. The Bertz CT molecular complexity index is 800. The number of nitrogens with one attached hydrogen (secondary N) is 1. The Labute approximate surface area is 157 Å². The van der Waals surface area contributed by atoms with E-state index < -0.39 is 24.5 Å². The number of hydrogen-bond donors (Lipinski definition) is 1. The van der Waals surface area contributed by atoms with Crippen molar-refractivity contribution >= 4 is 23.5 Å². The van der Waals surface area contributed by atoms with Crippen molar-refractivity contribution in [2.45, 2.75) is 13.3 Å². The Hall–Kier alpha value is -3.35. The van der Waals surface area contributed by atoms with Gasteiger partial charge in [-0.25, -0.2) is 4.79 Å². The van der Waals surface area contributed by atoms with Crippen LogP contribution in [0.15, 0.2) is 48.5 Å². The minimum absolute atomic E-state index is 0.00549. The van der Waals surface area contributed by atoms with Gasteiger partial charge in [-0.15, -0.1) is 0 Å². The minimum atomic E-state index is -0.535. The predicted octanol–water partition coefficient (Wildman–Crippen LogP) is 2.60. The van der Waals surface area contributed by atoms with E-state index >= 15 is 0 Å². The monoisotopic (exact) mass is 371 g/mol.